The van der Waals surface area contributed by atoms with Crippen LogP contribution in [0, 0.1) is 0 Å². The molecule has 2 heterocycles. The summed E-state index contributed by atoms with van der Waals surface area (Å²) >= 11 is 1.63. The van der Waals surface area contributed by atoms with Gasteiger partial charge in [0.15, 0.2) is 0 Å². The van der Waals surface area contributed by atoms with Crippen LogP contribution in [0.4, 0.5) is 0 Å². The molecule has 3 aromatic rings. The average molecular weight is 341 g/mol. The number of benzene rings is 1. The highest BCUT2D eigenvalue weighted by Gasteiger charge is 2.15. The van der Waals surface area contributed by atoms with Gasteiger partial charge in [0, 0.05) is 18.9 Å². The number of nitrogens with zero attached hydrogens (tertiary/aromatic N) is 2. The molecule has 1 aromatic carbocycles. The van der Waals surface area contributed by atoms with Crippen LogP contribution in [0.2, 0.25) is 0 Å². The van der Waals surface area contributed by atoms with E-state index >= 15 is 0 Å². The Balaban J connectivity index is 1.49. The molecule has 5 nitrogen and oxygen atoms in total. The fourth-order valence-corrected chi connectivity index (χ4v) is 3.10. The molecule has 0 saturated carbocycles. The molecule has 2 aromatic heterocycles. The Kier molecular flexibility index (Phi) is 5.76. The molecule has 0 bridgehead atoms. The van der Waals surface area contributed by atoms with Crippen molar-refractivity contribution in [1.29, 1.82) is 0 Å². The summed E-state index contributed by atoms with van der Waals surface area (Å²) in [7, 11) is 0. The Morgan fingerprint density at radius 3 is 2.83 bits per heavy atom. The lowest BCUT2D eigenvalue weighted by molar-refractivity contribution is -0.126. The van der Waals surface area contributed by atoms with Gasteiger partial charge in [-0.1, -0.05) is 30.3 Å². The van der Waals surface area contributed by atoms with Gasteiger partial charge in [0.1, 0.15) is 6.61 Å². The highest BCUT2D eigenvalue weighted by molar-refractivity contribution is 7.07. The van der Waals surface area contributed by atoms with Crippen molar-refractivity contribution in [1.82, 2.24) is 15.1 Å². The van der Waals surface area contributed by atoms with Crippen molar-refractivity contribution in [2.75, 3.05) is 13.2 Å². The minimum atomic E-state index is -0.127. The minimum absolute atomic E-state index is 0.00989. The molecule has 6 heteroatoms. The van der Waals surface area contributed by atoms with Crippen LogP contribution in [0.15, 0.2) is 65.6 Å². The highest BCUT2D eigenvalue weighted by Crippen LogP contribution is 2.19. The first kappa shape index (κ1) is 16.4. The predicted octanol–water partition coefficient (Wildman–Crippen LogP) is 2.87. The van der Waals surface area contributed by atoms with Gasteiger partial charge >= 0.3 is 0 Å². The van der Waals surface area contributed by atoms with Crippen molar-refractivity contribution >= 4 is 17.2 Å². The van der Waals surface area contributed by atoms with Gasteiger partial charge in [-0.15, -0.1) is 0 Å². The summed E-state index contributed by atoms with van der Waals surface area (Å²) in [5.74, 6) is -0.127. The van der Waals surface area contributed by atoms with Crippen LogP contribution in [0.25, 0.3) is 0 Å². The first-order chi connectivity index (χ1) is 11.8. The second-order valence-corrected chi connectivity index (χ2v) is 6.12. The number of thiophene rings is 1. The summed E-state index contributed by atoms with van der Waals surface area (Å²) in [4.78, 5) is 12.0. The maximum atomic E-state index is 12.0. The van der Waals surface area contributed by atoms with Gasteiger partial charge in [-0.3, -0.25) is 9.48 Å². The zero-order chi connectivity index (χ0) is 16.6. The second-order valence-electron chi connectivity index (χ2n) is 5.34. The van der Waals surface area contributed by atoms with E-state index in [9.17, 15) is 4.79 Å². The van der Waals surface area contributed by atoms with Crippen LogP contribution >= 0.6 is 11.3 Å². The van der Waals surface area contributed by atoms with E-state index in [1.54, 1.807) is 17.5 Å². The smallest absolute Gasteiger partial charge is 0.246 e. The van der Waals surface area contributed by atoms with Crippen LogP contribution in [0.5, 0.6) is 0 Å². The third-order valence-corrected chi connectivity index (χ3v) is 4.31. The monoisotopic (exact) mass is 341 g/mol. The standard InChI is InChI=1S/C18H19N3O2S/c22-18(13-23-12-15-5-2-1-3-6-15)19-11-17(16-7-10-24-14-16)21-9-4-8-20-21/h1-10,14,17H,11-13H2,(H,19,22). The predicted molar refractivity (Wildman–Crippen MR) is 93.8 cm³/mol. The lowest BCUT2D eigenvalue weighted by atomic mass is 10.1. The number of nitrogens with one attached hydrogen (secondary N) is 1. The van der Waals surface area contributed by atoms with Crippen molar-refractivity contribution in [2.24, 2.45) is 0 Å². The lowest BCUT2D eigenvalue weighted by Gasteiger charge is -2.17. The number of hydrogen-bond donors (Lipinski definition) is 1. The molecule has 0 fully saturated rings. The zero-order valence-corrected chi connectivity index (χ0v) is 14.0. The summed E-state index contributed by atoms with van der Waals surface area (Å²) in [6.07, 6.45) is 3.64. The summed E-state index contributed by atoms with van der Waals surface area (Å²) in [5.41, 5.74) is 2.19. The van der Waals surface area contributed by atoms with E-state index in [1.807, 2.05) is 52.7 Å². The molecule has 1 amide bonds. The largest absolute Gasteiger partial charge is 0.367 e. The Labute approximate surface area is 144 Å². The number of hydrogen-bond acceptors (Lipinski definition) is 4. The molecule has 0 spiro atoms. The van der Waals surface area contributed by atoms with Crippen LogP contribution in [-0.2, 0) is 16.1 Å². The number of ether oxygens (including phenoxy) is 1. The number of aromatic nitrogens is 2. The quantitative estimate of drug-likeness (QED) is 0.685. The van der Waals surface area contributed by atoms with Crippen molar-refractivity contribution in [3.8, 4) is 0 Å². The van der Waals surface area contributed by atoms with E-state index in [0.29, 0.717) is 13.2 Å². The van der Waals surface area contributed by atoms with Crippen LogP contribution in [0.3, 0.4) is 0 Å². The van der Waals surface area contributed by atoms with E-state index in [1.165, 1.54) is 0 Å². The zero-order valence-electron chi connectivity index (χ0n) is 13.2. The summed E-state index contributed by atoms with van der Waals surface area (Å²) in [6.45, 7) is 0.956. The number of rotatable bonds is 8. The van der Waals surface area contributed by atoms with Crippen LogP contribution < -0.4 is 5.32 Å². The van der Waals surface area contributed by atoms with E-state index in [4.69, 9.17) is 4.74 Å². The molecule has 0 saturated heterocycles. The fourth-order valence-electron chi connectivity index (χ4n) is 2.39. The van der Waals surface area contributed by atoms with Gasteiger partial charge in [0.05, 0.1) is 12.6 Å². The minimum Gasteiger partial charge on any atom is -0.367 e. The molecule has 0 aliphatic rings. The van der Waals surface area contributed by atoms with E-state index in [2.05, 4.69) is 21.9 Å². The normalized spacial score (nSPS) is 12.0. The molecule has 0 radical (unpaired) electrons. The molecule has 1 N–H and O–H groups in total. The van der Waals surface area contributed by atoms with Crippen molar-refractivity contribution in [3.63, 3.8) is 0 Å². The van der Waals surface area contributed by atoms with Gasteiger partial charge in [0.25, 0.3) is 0 Å². The molecule has 1 unspecified atom stereocenters. The molecule has 1 atom stereocenters. The summed E-state index contributed by atoms with van der Waals surface area (Å²) in [5, 5.41) is 11.3. The molecule has 124 valence electrons. The van der Waals surface area contributed by atoms with Gasteiger partial charge in [-0.05, 0) is 34.0 Å². The lowest BCUT2D eigenvalue weighted by Crippen LogP contribution is -2.33. The van der Waals surface area contributed by atoms with E-state index in [0.717, 1.165) is 11.1 Å². The molecule has 24 heavy (non-hydrogen) atoms. The van der Waals surface area contributed by atoms with Gasteiger partial charge < -0.3 is 10.1 Å². The maximum Gasteiger partial charge on any atom is 0.246 e. The average Bonchev–Trinajstić information content (AvgIpc) is 3.30. The topological polar surface area (TPSA) is 56.1 Å². The third-order valence-electron chi connectivity index (χ3n) is 3.61. The SMILES string of the molecule is O=C(COCc1ccccc1)NCC(c1ccsc1)n1cccn1. The van der Waals surface area contributed by atoms with Crippen molar-refractivity contribution in [2.45, 2.75) is 12.6 Å². The molecular formula is C18H19N3O2S. The molecular weight excluding hydrogens is 322 g/mol. The number of amides is 1. The third kappa shape index (κ3) is 4.53. The highest BCUT2D eigenvalue weighted by atomic mass is 32.1. The maximum absolute atomic E-state index is 12.0. The van der Waals surface area contributed by atoms with Crippen molar-refractivity contribution < 1.29 is 9.53 Å². The molecule has 0 aliphatic carbocycles. The van der Waals surface area contributed by atoms with E-state index in [-0.39, 0.29) is 18.6 Å². The Bertz CT molecular complexity index is 693. The number of carbonyl (C=O) groups is 1. The van der Waals surface area contributed by atoms with Gasteiger partial charge in [-0.25, -0.2) is 0 Å². The first-order valence-electron chi connectivity index (χ1n) is 7.72. The van der Waals surface area contributed by atoms with Crippen LogP contribution in [0.1, 0.15) is 17.2 Å². The van der Waals surface area contributed by atoms with Gasteiger partial charge in [0.2, 0.25) is 5.91 Å². The number of carbonyl (C=O) groups excluding carboxylic acids is 1. The Hall–Kier alpha value is -2.44. The Morgan fingerprint density at radius 2 is 2.12 bits per heavy atom. The fraction of sp³-hybridized carbons (Fsp3) is 0.222. The Morgan fingerprint density at radius 1 is 1.25 bits per heavy atom. The molecule has 0 aliphatic heterocycles. The summed E-state index contributed by atoms with van der Waals surface area (Å²) in [6, 6.07) is 13.7. The van der Waals surface area contributed by atoms with Crippen LogP contribution in [-0.4, -0.2) is 28.8 Å². The first-order valence-corrected chi connectivity index (χ1v) is 8.67. The van der Waals surface area contributed by atoms with Gasteiger partial charge in [-0.2, -0.15) is 16.4 Å². The van der Waals surface area contributed by atoms with Crippen molar-refractivity contribution in [3.05, 3.63) is 76.7 Å². The van der Waals surface area contributed by atoms with E-state index < -0.39 is 0 Å². The summed E-state index contributed by atoms with van der Waals surface area (Å²) < 4.78 is 7.32. The molecule has 3 rings (SSSR count). The second kappa shape index (κ2) is 8.42.